The number of rotatable bonds is 2. The van der Waals surface area contributed by atoms with E-state index < -0.39 is 5.97 Å². The summed E-state index contributed by atoms with van der Waals surface area (Å²) in [5.41, 5.74) is 2.07. The van der Waals surface area contributed by atoms with Crippen LogP contribution in [0.25, 0.3) is 0 Å². The molecule has 0 aliphatic carbocycles. The van der Waals surface area contributed by atoms with E-state index in [-0.39, 0.29) is 6.61 Å². The molecule has 0 aliphatic heterocycles. The van der Waals surface area contributed by atoms with Crippen molar-refractivity contribution in [2.75, 3.05) is 0 Å². The lowest BCUT2D eigenvalue weighted by molar-refractivity contribution is -0.137. The standard InChI is InChI=1S/C11H10O2/c1-3-11(12)13-8-10-7-5-4-6-9(10)2/h1,4-7H,8H2,2H3. The average Bonchev–Trinajstić information content (AvgIpc) is 2.16. The van der Waals surface area contributed by atoms with Gasteiger partial charge in [-0.3, -0.25) is 0 Å². The van der Waals surface area contributed by atoms with E-state index >= 15 is 0 Å². The zero-order valence-electron chi connectivity index (χ0n) is 7.41. The van der Waals surface area contributed by atoms with Gasteiger partial charge in [0.1, 0.15) is 6.61 Å². The summed E-state index contributed by atoms with van der Waals surface area (Å²) >= 11 is 0. The van der Waals surface area contributed by atoms with Gasteiger partial charge in [0.05, 0.1) is 0 Å². The first-order chi connectivity index (χ1) is 6.24. The second-order valence-corrected chi connectivity index (χ2v) is 2.65. The number of carbonyl (C=O) groups is 1. The Morgan fingerprint density at radius 1 is 1.54 bits per heavy atom. The monoisotopic (exact) mass is 174 g/mol. The van der Waals surface area contributed by atoms with Gasteiger partial charge in [-0.15, -0.1) is 6.42 Å². The molecule has 0 N–H and O–H groups in total. The summed E-state index contributed by atoms with van der Waals surface area (Å²) in [4.78, 5) is 10.6. The Kier molecular flexibility index (Phi) is 3.10. The second kappa shape index (κ2) is 4.32. The molecule has 2 nitrogen and oxygen atoms in total. The molecule has 1 rings (SSSR count). The summed E-state index contributed by atoms with van der Waals surface area (Å²) in [6, 6.07) is 7.69. The van der Waals surface area contributed by atoms with Crippen molar-refractivity contribution in [2.24, 2.45) is 0 Å². The Labute approximate surface area is 77.5 Å². The van der Waals surface area contributed by atoms with Crippen molar-refractivity contribution in [1.82, 2.24) is 0 Å². The SMILES string of the molecule is C#CC(=O)OCc1ccccc1C. The highest BCUT2D eigenvalue weighted by Crippen LogP contribution is 2.07. The molecule has 13 heavy (non-hydrogen) atoms. The molecular weight excluding hydrogens is 164 g/mol. The van der Waals surface area contributed by atoms with E-state index in [9.17, 15) is 4.79 Å². The van der Waals surface area contributed by atoms with Crippen LogP contribution in [0.15, 0.2) is 24.3 Å². The minimum atomic E-state index is -0.622. The van der Waals surface area contributed by atoms with Crippen LogP contribution in [0.1, 0.15) is 11.1 Å². The maximum atomic E-state index is 10.6. The summed E-state index contributed by atoms with van der Waals surface area (Å²) < 4.78 is 4.78. The van der Waals surface area contributed by atoms with Crippen LogP contribution in [0.4, 0.5) is 0 Å². The number of esters is 1. The van der Waals surface area contributed by atoms with E-state index in [2.05, 4.69) is 0 Å². The maximum absolute atomic E-state index is 10.6. The smallest absolute Gasteiger partial charge is 0.384 e. The van der Waals surface area contributed by atoms with Crippen LogP contribution in [0, 0.1) is 19.3 Å². The summed E-state index contributed by atoms with van der Waals surface area (Å²) in [5, 5.41) is 0. The van der Waals surface area contributed by atoms with Crippen molar-refractivity contribution in [3.05, 3.63) is 35.4 Å². The molecule has 1 aromatic rings. The largest absolute Gasteiger partial charge is 0.451 e. The van der Waals surface area contributed by atoms with Crippen molar-refractivity contribution < 1.29 is 9.53 Å². The van der Waals surface area contributed by atoms with Crippen molar-refractivity contribution in [3.63, 3.8) is 0 Å². The number of hydrogen-bond acceptors (Lipinski definition) is 2. The van der Waals surface area contributed by atoms with Crippen molar-refractivity contribution >= 4 is 5.97 Å². The zero-order valence-corrected chi connectivity index (χ0v) is 7.41. The molecule has 0 saturated carbocycles. The van der Waals surface area contributed by atoms with Crippen LogP contribution in [0.2, 0.25) is 0 Å². The van der Waals surface area contributed by atoms with Crippen LogP contribution in [-0.2, 0) is 16.1 Å². The van der Waals surface area contributed by atoms with Gasteiger partial charge in [0, 0.05) is 5.92 Å². The topological polar surface area (TPSA) is 26.3 Å². The molecule has 2 heteroatoms. The molecule has 0 heterocycles. The fraction of sp³-hybridized carbons (Fsp3) is 0.182. The average molecular weight is 174 g/mol. The lowest BCUT2D eigenvalue weighted by Gasteiger charge is -2.03. The fourth-order valence-electron chi connectivity index (χ4n) is 0.957. The fourth-order valence-corrected chi connectivity index (χ4v) is 0.957. The van der Waals surface area contributed by atoms with E-state index in [0.29, 0.717) is 0 Å². The first-order valence-electron chi connectivity index (χ1n) is 3.92. The van der Waals surface area contributed by atoms with Gasteiger partial charge in [0.2, 0.25) is 0 Å². The number of ether oxygens (including phenoxy) is 1. The molecule has 0 saturated heterocycles. The molecule has 0 unspecified atom stereocenters. The lowest BCUT2D eigenvalue weighted by atomic mass is 10.1. The number of benzene rings is 1. The lowest BCUT2D eigenvalue weighted by Crippen LogP contribution is -2.01. The van der Waals surface area contributed by atoms with Crippen LogP contribution in [0.3, 0.4) is 0 Å². The van der Waals surface area contributed by atoms with Gasteiger partial charge in [-0.1, -0.05) is 24.3 Å². The van der Waals surface area contributed by atoms with E-state index in [1.165, 1.54) is 0 Å². The van der Waals surface area contributed by atoms with E-state index in [4.69, 9.17) is 11.2 Å². The number of terminal acetylenes is 1. The first kappa shape index (κ1) is 9.34. The molecule has 0 aromatic heterocycles. The molecule has 0 spiro atoms. The molecule has 0 aliphatic rings. The summed E-state index contributed by atoms with van der Waals surface area (Å²) in [6.45, 7) is 2.20. The third-order valence-corrected chi connectivity index (χ3v) is 1.74. The molecule has 66 valence electrons. The van der Waals surface area contributed by atoms with Crippen molar-refractivity contribution in [2.45, 2.75) is 13.5 Å². The quantitative estimate of drug-likeness (QED) is 0.387. The maximum Gasteiger partial charge on any atom is 0.384 e. The van der Waals surface area contributed by atoms with Gasteiger partial charge in [-0.25, -0.2) is 4.79 Å². The van der Waals surface area contributed by atoms with E-state index in [0.717, 1.165) is 11.1 Å². The van der Waals surface area contributed by atoms with Gasteiger partial charge in [0.25, 0.3) is 0 Å². The molecule has 0 amide bonds. The first-order valence-corrected chi connectivity index (χ1v) is 3.92. The van der Waals surface area contributed by atoms with E-state index in [1.807, 2.05) is 37.1 Å². The molecule has 0 bridgehead atoms. The van der Waals surface area contributed by atoms with Crippen LogP contribution >= 0.6 is 0 Å². The van der Waals surface area contributed by atoms with Crippen LogP contribution in [0.5, 0.6) is 0 Å². The number of hydrogen-bond donors (Lipinski definition) is 0. The minimum absolute atomic E-state index is 0.246. The predicted octanol–water partition coefficient (Wildman–Crippen LogP) is 1.67. The molecular formula is C11H10O2. The van der Waals surface area contributed by atoms with Gasteiger partial charge in [0.15, 0.2) is 0 Å². The zero-order chi connectivity index (χ0) is 9.68. The Balaban J connectivity index is 2.61. The summed E-state index contributed by atoms with van der Waals surface area (Å²) in [6.07, 6.45) is 4.85. The summed E-state index contributed by atoms with van der Waals surface area (Å²) in [7, 11) is 0. The predicted molar refractivity (Wildman–Crippen MR) is 49.8 cm³/mol. The summed E-state index contributed by atoms with van der Waals surface area (Å²) in [5.74, 6) is 1.27. The highest BCUT2D eigenvalue weighted by atomic mass is 16.5. The molecule has 0 fully saturated rings. The third-order valence-electron chi connectivity index (χ3n) is 1.74. The number of aryl methyl sites for hydroxylation is 1. The third kappa shape index (κ3) is 2.64. The van der Waals surface area contributed by atoms with Crippen molar-refractivity contribution in [3.8, 4) is 12.3 Å². The number of carbonyl (C=O) groups excluding carboxylic acids is 1. The minimum Gasteiger partial charge on any atom is -0.451 e. The van der Waals surface area contributed by atoms with Gasteiger partial charge in [-0.05, 0) is 18.1 Å². The Hall–Kier alpha value is -1.75. The molecule has 1 aromatic carbocycles. The van der Waals surface area contributed by atoms with Gasteiger partial charge < -0.3 is 4.74 Å². The Morgan fingerprint density at radius 3 is 2.85 bits per heavy atom. The van der Waals surface area contributed by atoms with Crippen LogP contribution in [-0.4, -0.2) is 5.97 Å². The Morgan fingerprint density at radius 2 is 2.23 bits per heavy atom. The molecule has 0 atom stereocenters. The van der Waals surface area contributed by atoms with E-state index in [1.54, 1.807) is 0 Å². The van der Waals surface area contributed by atoms with Crippen LogP contribution < -0.4 is 0 Å². The van der Waals surface area contributed by atoms with Gasteiger partial charge >= 0.3 is 5.97 Å². The van der Waals surface area contributed by atoms with Gasteiger partial charge in [-0.2, -0.15) is 0 Å². The Bertz CT molecular complexity index is 347. The van der Waals surface area contributed by atoms with Crippen molar-refractivity contribution in [1.29, 1.82) is 0 Å². The normalized spacial score (nSPS) is 8.92. The second-order valence-electron chi connectivity index (χ2n) is 2.65. The highest BCUT2D eigenvalue weighted by molar-refractivity contribution is 5.87. The highest BCUT2D eigenvalue weighted by Gasteiger charge is 1.99. The molecule has 0 radical (unpaired) electrons.